The van der Waals surface area contributed by atoms with E-state index in [1.54, 1.807) is 0 Å². The predicted octanol–water partition coefficient (Wildman–Crippen LogP) is 3.42. The van der Waals surface area contributed by atoms with Gasteiger partial charge < -0.3 is 10.2 Å². The molecule has 0 saturated heterocycles. The fourth-order valence-electron chi connectivity index (χ4n) is 2.29. The molecule has 102 valence electrons. The lowest BCUT2D eigenvalue weighted by atomic mass is 10.1. The summed E-state index contributed by atoms with van der Waals surface area (Å²) in [6.45, 7) is 7.14. The average molecular weight is 240 g/mol. The van der Waals surface area contributed by atoms with Crippen molar-refractivity contribution in [2.75, 3.05) is 20.1 Å². The van der Waals surface area contributed by atoms with Crippen molar-refractivity contribution in [3.05, 3.63) is 0 Å². The van der Waals surface area contributed by atoms with Gasteiger partial charge in [0, 0.05) is 12.1 Å². The van der Waals surface area contributed by atoms with Crippen LogP contribution in [0.2, 0.25) is 0 Å². The van der Waals surface area contributed by atoms with Crippen LogP contribution >= 0.6 is 0 Å². The van der Waals surface area contributed by atoms with Crippen LogP contribution in [0.15, 0.2) is 0 Å². The first-order chi connectivity index (χ1) is 8.24. The van der Waals surface area contributed by atoms with E-state index in [0.717, 1.165) is 12.1 Å². The quantitative estimate of drug-likeness (QED) is 0.557. The van der Waals surface area contributed by atoms with E-state index in [-0.39, 0.29) is 0 Å². The van der Waals surface area contributed by atoms with E-state index in [1.165, 1.54) is 64.5 Å². The Morgan fingerprint density at radius 3 is 2.53 bits per heavy atom. The minimum absolute atomic E-state index is 0.761. The molecule has 17 heavy (non-hydrogen) atoms. The first kappa shape index (κ1) is 15.0. The fraction of sp³-hybridized carbons (Fsp3) is 1.00. The Hall–Kier alpha value is -0.0800. The van der Waals surface area contributed by atoms with Gasteiger partial charge in [-0.1, -0.05) is 26.2 Å². The smallest absolute Gasteiger partial charge is 0.00682 e. The zero-order chi connectivity index (χ0) is 12.5. The molecule has 0 bridgehead atoms. The maximum Gasteiger partial charge on any atom is 0.00682 e. The van der Waals surface area contributed by atoms with Crippen LogP contribution < -0.4 is 5.32 Å². The number of nitrogens with zero attached hydrogens (tertiary/aromatic N) is 1. The summed E-state index contributed by atoms with van der Waals surface area (Å²) in [4.78, 5) is 2.52. The lowest BCUT2D eigenvalue weighted by molar-refractivity contribution is 0.239. The fourth-order valence-corrected chi connectivity index (χ4v) is 2.29. The summed E-state index contributed by atoms with van der Waals surface area (Å²) in [6.07, 6.45) is 11.0. The molecule has 1 rings (SSSR count). The van der Waals surface area contributed by atoms with Gasteiger partial charge in [0.2, 0.25) is 0 Å². The first-order valence-electron chi connectivity index (χ1n) is 7.67. The van der Waals surface area contributed by atoms with Crippen molar-refractivity contribution >= 4 is 0 Å². The molecule has 0 amide bonds. The van der Waals surface area contributed by atoms with E-state index in [2.05, 4.69) is 31.1 Å². The van der Waals surface area contributed by atoms with Crippen molar-refractivity contribution in [1.29, 1.82) is 0 Å². The van der Waals surface area contributed by atoms with Crippen LogP contribution in [-0.4, -0.2) is 37.1 Å². The summed E-state index contributed by atoms with van der Waals surface area (Å²) < 4.78 is 0. The van der Waals surface area contributed by atoms with Crippen molar-refractivity contribution in [2.24, 2.45) is 0 Å². The zero-order valence-corrected chi connectivity index (χ0v) is 12.2. The van der Waals surface area contributed by atoms with E-state index < -0.39 is 0 Å². The molecule has 0 radical (unpaired) electrons. The number of rotatable bonds is 11. The molecule has 1 atom stereocenters. The Kier molecular flexibility index (Phi) is 7.87. The summed E-state index contributed by atoms with van der Waals surface area (Å²) in [6, 6.07) is 1.65. The van der Waals surface area contributed by atoms with Crippen LogP contribution in [0, 0.1) is 0 Å². The summed E-state index contributed by atoms with van der Waals surface area (Å²) in [5.74, 6) is 0. The average Bonchev–Trinajstić information content (AvgIpc) is 3.11. The van der Waals surface area contributed by atoms with Gasteiger partial charge in [-0.25, -0.2) is 0 Å². The van der Waals surface area contributed by atoms with Gasteiger partial charge in [0.05, 0.1) is 0 Å². The van der Waals surface area contributed by atoms with Gasteiger partial charge in [-0.05, 0) is 59.2 Å². The number of hydrogen-bond donors (Lipinski definition) is 1. The van der Waals surface area contributed by atoms with Crippen LogP contribution in [0.1, 0.15) is 65.2 Å². The molecule has 2 heteroatoms. The van der Waals surface area contributed by atoms with Crippen LogP contribution in [0.3, 0.4) is 0 Å². The molecular weight excluding hydrogens is 208 g/mol. The second kappa shape index (κ2) is 8.93. The molecule has 0 aromatic rings. The zero-order valence-electron chi connectivity index (χ0n) is 12.2. The Balaban J connectivity index is 1.81. The van der Waals surface area contributed by atoms with Gasteiger partial charge in [0.25, 0.3) is 0 Å². The highest BCUT2D eigenvalue weighted by Crippen LogP contribution is 2.18. The highest BCUT2D eigenvalue weighted by Gasteiger charge is 2.19. The van der Waals surface area contributed by atoms with E-state index in [4.69, 9.17) is 0 Å². The number of nitrogens with one attached hydrogen (secondary N) is 1. The SMILES string of the molecule is CCCC(C)N(C)CCCCCCNC1CC1. The maximum absolute atomic E-state index is 3.58. The molecule has 1 unspecified atom stereocenters. The Morgan fingerprint density at radius 1 is 1.18 bits per heavy atom. The van der Waals surface area contributed by atoms with Crippen LogP contribution in [0.25, 0.3) is 0 Å². The van der Waals surface area contributed by atoms with E-state index in [0.29, 0.717) is 0 Å². The molecule has 1 N–H and O–H groups in total. The molecule has 0 heterocycles. The third-order valence-electron chi connectivity index (χ3n) is 3.91. The second-order valence-corrected chi connectivity index (χ2v) is 5.76. The second-order valence-electron chi connectivity index (χ2n) is 5.76. The van der Waals surface area contributed by atoms with E-state index in [1.807, 2.05) is 0 Å². The molecule has 1 aliphatic carbocycles. The highest BCUT2D eigenvalue weighted by molar-refractivity contribution is 4.80. The maximum atomic E-state index is 3.58. The normalized spacial score (nSPS) is 17.6. The van der Waals surface area contributed by atoms with Gasteiger partial charge in [-0.15, -0.1) is 0 Å². The Morgan fingerprint density at radius 2 is 1.88 bits per heavy atom. The number of unbranched alkanes of at least 4 members (excludes halogenated alkanes) is 3. The molecular formula is C15H32N2. The molecule has 0 aromatic heterocycles. The first-order valence-corrected chi connectivity index (χ1v) is 7.67. The van der Waals surface area contributed by atoms with Crippen molar-refractivity contribution in [3.63, 3.8) is 0 Å². The minimum Gasteiger partial charge on any atom is -0.314 e. The van der Waals surface area contributed by atoms with Gasteiger partial charge >= 0.3 is 0 Å². The predicted molar refractivity (Wildman–Crippen MR) is 76.5 cm³/mol. The van der Waals surface area contributed by atoms with Gasteiger partial charge in [0.1, 0.15) is 0 Å². The van der Waals surface area contributed by atoms with Crippen molar-refractivity contribution in [2.45, 2.75) is 77.3 Å². The molecule has 0 aliphatic heterocycles. The molecule has 1 fully saturated rings. The van der Waals surface area contributed by atoms with E-state index >= 15 is 0 Å². The van der Waals surface area contributed by atoms with Gasteiger partial charge in [-0.3, -0.25) is 0 Å². The third kappa shape index (κ3) is 7.77. The summed E-state index contributed by atoms with van der Waals surface area (Å²) in [7, 11) is 2.27. The molecule has 0 spiro atoms. The minimum atomic E-state index is 0.761. The summed E-state index contributed by atoms with van der Waals surface area (Å²) in [5, 5.41) is 3.58. The molecule has 0 aromatic carbocycles. The van der Waals surface area contributed by atoms with E-state index in [9.17, 15) is 0 Å². The number of hydrogen-bond acceptors (Lipinski definition) is 2. The molecule has 1 aliphatic rings. The Labute approximate surface area is 108 Å². The van der Waals surface area contributed by atoms with Crippen LogP contribution in [0.5, 0.6) is 0 Å². The largest absolute Gasteiger partial charge is 0.314 e. The third-order valence-corrected chi connectivity index (χ3v) is 3.91. The van der Waals surface area contributed by atoms with Crippen molar-refractivity contribution in [1.82, 2.24) is 10.2 Å². The molecule has 2 nitrogen and oxygen atoms in total. The van der Waals surface area contributed by atoms with Crippen LogP contribution in [-0.2, 0) is 0 Å². The van der Waals surface area contributed by atoms with Gasteiger partial charge in [-0.2, -0.15) is 0 Å². The summed E-state index contributed by atoms with van der Waals surface area (Å²) in [5.41, 5.74) is 0. The monoisotopic (exact) mass is 240 g/mol. The highest BCUT2D eigenvalue weighted by atomic mass is 15.1. The Bertz CT molecular complexity index is 178. The lowest BCUT2D eigenvalue weighted by Gasteiger charge is -2.24. The standard InChI is InChI=1S/C15H32N2/c1-4-9-14(2)17(3)13-8-6-5-7-12-16-15-10-11-15/h14-16H,4-13H2,1-3H3. The van der Waals surface area contributed by atoms with Gasteiger partial charge in [0.15, 0.2) is 0 Å². The lowest BCUT2D eigenvalue weighted by Crippen LogP contribution is -2.29. The van der Waals surface area contributed by atoms with Crippen molar-refractivity contribution in [3.8, 4) is 0 Å². The molecule has 1 saturated carbocycles. The summed E-state index contributed by atoms with van der Waals surface area (Å²) >= 11 is 0. The topological polar surface area (TPSA) is 15.3 Å². The van der Waals surface area contributed by atoms with Crippen molar-refractivity contribution < 1.29 is 0 Å². The van der Waals surface area contributed by atoms with Crippen LogP contribution in [0.4, 0.5) is 0 Å².